The van der Waals surface area contributed by atoms with E-state index in [2.05, 4.69) is 21.9 Å². The zero-order valence-corrected chi connectivity index (χ0v) is 9.50. The molecule has 0 N–H and O–H groups in total. The van der Waals surface area contributed by atoms with Gasteiger partial charge in [-0.2, -0.15) is 0 Å². The molecule has 0 radical (unpaired) electrons. The molecule has 14 heavy (non-hydrogen) atoms. The van der Waals surface area contributed by atoms with E-state index in [1.807, 2.05) is 18.2 Å². The third-order valence-electron chi connectivity index (χ3n) is 1.64. The molecule has 0 atom stereocenters. The Balaban J connectivity index is 2.72. The predicted molar refractivity (Wildman–Crippen MR) is 59.4 cm³/mol. The summed E-state index contributed by atoms with van der Waals surface area (Å²) in [5.41, 5.74) is 0.746. The second-order valence-corrected chi connectivity index (χ2v) is 3.54. The Labute approximate surface area is 92.3 Å². The second-order valence-electron chi connectivity index (χ2n) is 2.63. The SMILES string of the molecule is C#Cc1cc(Br)ccc1OCCOC. The zero-order chi connectivity index (χ0) is 10.4. The Morgan fingerprint density at radius 1 is 1.43 bits per heavy atom. The molecular weight excluding hydrogens is 244 g/mol. The van der Waals surface area contributed by atoms with E-state index >= 15 is 0 Å². The number of methoxy groups -OCH3 is 1. The molecule has 2 nitrogen and oxygen atoms in total. The van der Waals surface area contributed by atoms with Gasteiger partial charge in [0.25, 0.3) is 0 Å². The number of hydrogen-bond acceptors (Lipinski definition) is 2. The summed E-state index contributed by atoms with van der Waals surface area (Å²) in [4.78, 5) is 0. The van der Waals surface area contributed by atoms with Crippen LogP contribution in [-0.4, -0.2) is 20.3 Å². The minimum atomic E-state index is 0.507. The molecular formula is C11H11BrO2. The van der Waals surface area contributed by atoms with Crippen molar-refractivity contribution in [3.63, 3.8) is 0 Å². The van der Waals surface area contributed by atoms with Gasteiger partial charge in [-0.3, -0.25) is 0 Å². The molecule has 0 heterocycles. The Morgan fingerprint density at radius 2 is 2.21 bits per heavy atom. The number of ether oxygens (including phenoxy) is 2. The maximum Gasteiger partial charge on any atom is 0.135 e. The van der Waals surface area contributed by atoms with E-state index in [1.54, 1.807) is 7.11 Å². The van der Waals surface area contributed by atoms with Gasteiger partial charge in [0.2, 0.25) is 0 Å². The fourth-order valence-electron chi connectivity index (χ4n) is 0.976. The van der Waals surface area contributed by atoms with Crippen molar-refractivity contribution >= 4 is 15.9 Å². The van der Waals surface area contributed by atoms with E-state index in [4.69, 9.17) is 15.9 Å². The van der Waals surface area contributed by atoms with Crippen LogP contribution >= 0.6 is 15.9 Å². The third kappa shape index (κ3) is 3.06. The van der Waals surface area contributed by atoms with E-state index in [9.17, 15) is 0 Å². The lowest BCUT2D eigenvalue weighted by molar-refractivity contribution is 0.146. The van der Waals surface area contributed by atoms with Crippen LogP contribution in [0.5, 0.6) is 5.75 Å². The van der Waals surface area contributed by atoms with Crippen molar-refractivity contribution in [2.45, 2.75) is 0 Å². The Hall–Kier alpha value is -0.980. The van der Waals surface area contributed by atoms with Gasteiger partial charge in [0, 0.05) is 11.6 Å². The molecule has 0 fully saturated rings. The summed E-state index contributed by atoms with van der Waals surface area (Å²) in [6.45, 7) is 1.06. The Bertz CT molecular complexity index is 342. The molecule has 74 valence electrons. The van der Waals surface area contributed by atoms with Crippen molar-refractivity contribution in [2.24, 2.45) is 0 Å². The van der Waals surface area contributed by atoms with E-state index in [0.717, 1.165) is 10.0 Å². The van der Waals surface area contributed by atoms with E-state index in [-0.39, 0.29) is 0 Å². The minimum absolute atomic E-state index is 0.507. The lowest BCUT2D eigenvalue weighted by Gasteiger charge is -2.07. The van der Waals surface area contributed by atoms with E-state index in [0.29, 0.717) is 19.0 Å². The summed E-state index contributed by atoms with van der Waals surface area (Å²) in [7, 11) is 1.63. The topological polar surface area (TPSA) is 18.5 Å². The molecule has 0 spiro atoms. The van der Waals surface area contributed by atoms with Gasteiger partial charge in [-0.1, -0.05) is 21.9 Å². The van der Waals surface area contributed by atoms with Crippen molar-refractivity contribution in [2.75, 3.05) is 20.3 Å². The highest BCUT2D eigenvalue weighted by Crippen LogP contribution is 2.22. The Kier molecular flexibility index (Phi) is 4.51. The van der Waals surface area contributed by atoms with Crippen LogP contribution in [0.2, 0.25) is 0 Å². The minimum Gasteiger partial charge on any atom is -0.490 e. The zero-order valence-electron chi connectivity index (χ0n) is 7.92. The van der Waals surface area contributed by atoms with Gasteiger partial charge in [0.15, 0.2) is 0 Å². The van der Waals surface area contributed by atoms with Crippen molar-refractivity contribution in [3.05, 3.63) is 28.2 Å². The van der Waals surface area contributed by atoms with Crippen molar-refractivity contribution < 1.29 is 9.47 Å². The number of terminal acetylenes is 1. The van der Waals surface area contributed by atoms with Crippen LogP contribution in [0.1, 0.15) is 5.56 Å². The molecule has 1 rings (SSSR count). The second kappa shape index (κ2) is 5.69. The molecule has 0 aromatic heterocycles. The number of benzene rings is 1. The highest BCUT2D eigenvalue weighted by atomic mass is 79.9. The molecule has 0 aliphatic carbocycles. The fourth-order valence-corrected chi connectivity index (χ4v) is 1.34. The average Bonchev–Trinajstić information content (AvgIpc) is 2.20. The van der Waals surface area contributed by atoms with E-state index in [1.165, 1.54) is 0 Å². The molecule has 3 heteroatoms. The lowest BCUT2D eigenvalue weighted by Crippen LogP contribution is -2.05. The largest absolute Gasteiger partial charge is 0.490 e. The fraction of sp³-hybridized carbons (Fsp3) is 0.273. The predicted octanol–water partition coefficient (Wildman–Crippen LogP) is 2.46. The van der Waals surface area contributed by atoms with Gasteiger partial charge < -0.3 is 9.47 Å². The van der Waals surface area contributed by atoms with Crippen molar-refractivity contribution in [1.82, 2.24) is 0 Å². The van der Waals surface area contributed by atoms with Gasteiger partial charge in [0.1, 0.15) is 12.4 Å². The summed E-state index contributed by atoms with van der Waals surface area (Å²) in [5, 5.41) is 0. The molecule has 0 saturated carbocycles. The molecule has 1 aromatic carbocycles. The molecule has 0 saturated heterocycles. The standard InChI is InChI=1S/C11H11BrO2/c1-3-9-8-10(12)4-5-11(9)14-7-6-13-2/h1,4-5,8H,6-7H2,2H3. The van der Waals surface area contributed by atoms with Gasteiger partial charge in [-0.25, -0.2) is 0 Å². The quantitative estimate of drug-likeness (QED) is 0.607. The first kappa shape index (κ1) is 11.1. The summed E-state index contributed by atoms with van der Waals surface area (Å²) in [5.74, 6) is 3.28. The highest BCUT2D eigenvalue weighted by Gasteiger charge is 2.01. The summed E-state index contributed by atoms with van der Waals surface area (Å²) in [6, 6.07) is 5.58. The highest BCUT2D eigenvalue weighted by molar-refractivity contribution is 9.10. The molecule has 0 aliphatic rings. The smallest absolute Gasteiger partial charge is 0.135 e. The normalized spacial score (nSPS) is 9.50. The average molecular weight is 255 g/mol. The monoisotopic (exact) mass is 254 g/mol. The first-order valence-electron chi connectivity index (χ1n) is 4.16. The van der Waals surface area contributed by atoms with Gasteiger partial charge in [-0.05, 0) is 18.2 Å². The summed E-state index contributed by atoms with van der Waals surface area (Å²) < 4.78 is 11.3. The third-order valence-corrected chi connectivity index (χ3v) is 2.14. The van der Waals surface area contributed by atoms with Crippen LogP contribution in [0.4, 0.5) is 0 Å². The summed E-state index contributed by atoms with van der Waals surface area (Å²) >= 11 is 3.34. The van der Waals surface area contributed by atoms with Crippen LogP contribution < -0.4 is 4.74 Å². The van der Waals surface area contributed by atoms with Gasteiger partial charge >= 0.3 is 0 Å². The van der Waals surface area contributed by atoms with Gasteiger partial charge in [-0.15, -0.1) is 6.42 Å². The molecule has 0 aliphatic heterocycles. The Morgan fingerprint density at radius 3 is 2.86 bits per heavy atom. The molecule has 0 bridgehead atoms. The maximum atomic E-state index is 5.44. The first-order chi connectivity index (χ1) is 6.77. The van der Waals surface area contributed by atoms with Crippen LogP contribution in [0.3, 0.4) is 0 Å². The lowest BCUT2D eigenvalue weighted by atomic mass is 10.2. The summed E-state index contributed by atoms with van der Waals surface area (Å²) in [6.07, 6.45) is 5.34. The van der Waals surface area contributed by atoms with E-state index < -0.39 is 0 Å². The van der Waals surface area contributed by atoms with Crippen molar-refractivity contribution in [1.29, 1.82) is 0 Å². The first-order valence-corrected chi connectivity index (χ1v) is 4.95. The van der Waals surface area contributed by atoms with Crippen LogP contribution in [-0.2, 0) is 4.74 Å². The molecule has 0 unspecified atom stereocenters. The van der Waals surface area contributed by atoms with Crippen LogP contribution in [0.25, 0.3) is 0 Å². The maximum absolute atomic E-state index is 5.44. The number of rotatable bonds is 4. The van der Waals surface area contributed by atoms with Gasteiger partial charge in [0.05, 0.1) is 12.2 Å². The number of halogens is 1. The van der Waals surface area contributed by atoms with Crippen LogP contribution in [0, 0.1) is 12.3 Å². The molecule has 1 aromatic rings. The van der Waals surface area contributed by atoms with Crippen LogP contribution in [0.15, 0.2) is 22.7 Å². The van der Waals surface area contributed by atoms with Crippen molar-refractivity contribution in [3.8, 4) is 18.1 Å². The number of hydrogen-bond donors (Lipinski definition) is 0. The molecule has 0 amide bonds.